The van der Waals surface area contributed by atoms with Crippen LogP contribution in [0.3, 0.4) is 0 Å². The van der Waals surface area contributed by atoms with E-state index in [0.29, 0.717) is 16.7 Å². The van der Waals surface area contributed by atoms with Gasteiger partial charge in [0.1, 0.15) is 11.5 Å². The summed E-state index contributed by atoms with van der Waals surface area (Å²) in [6, 6.07) is 21.3. The number of aryl methyl sites for hydroxylation is 1. The Kier molecular flexibility index (Phi) is 6.63. The van der Waals surface area contributed by atoms with Crippen molar-refractivity contribution in [1.29, 1.82) is 0 Å². The molecular weight excluding hydrogens is 478 g/mol. The summed E-state index contributed by atoms with van der Waals surface area (Å²) in [5, 5.41) is 13.2. The van der Waals surface area contributed by atoms with Gasteiger partial charge in [0, 0.05) is 15.7 Å². The highest BCUT2D eigenvalue weighted by Gasteiger charge is 2.17. The van der Waals surface area contributed by atoms with Gasteiger partial charge in [0.2, 0.25) is 0 Å². The van der Waals surface area contributed by atoms with Crippen molar-refractivity contribution in [2.24, 2.45) is 5.10 Å². The van der Waals surface area contributed by atoms with Crippen LogP contribution >= 0.6 is 27.7 Å². The second kappa shape index (κ2) is 9.76. The Morgan fingerprint density at radius 3 is 2.61 bits per heavy atom. The number of halogens is 1. The van der Waals surface area contributed by atoms with E-state index in [-0.39, 0.29) is 11.7 Å². The fourth-order valence-corrected chi connectivity index (χ4v) is 3.82. The zero-order chi connectivity index (χ0) is 21.6. The Labute approximate surface area is 191 Å². The summed E-state index contributed by atoms with van der Waals surface area (Å²) >= 11 is 4.75. The van der Waals surface area contributed by atoms with E-state index in [1.165, 1.54) is 18.0 Å². The molecule has 0 aliphatic carbocycles. The average Bonchev–Trinajstić information content (AvgIpc) is 3.39. The van der Waals surface area contributed by atoms with Crippen LogP contribution in [0.25, 0.3) is 17.1 Å². The first kappa shape index (κ1) is 21.1. The molecule has 1 N–H and O–H groups in total. The lowest BCUT2D eigenvalue weighted by atomic mass is 10.2. The maximum atomic E-state index is 12.2. The molecule has 2 aromatic carbocycles. The smallest absolute Gasteiger partial charge is 0.250 e. The molecule has 1 amide bonds. The highest BCUT2D eigenvalue weighted by Crippen LogP contribution is 2.28. The number of hydrogen-bond donors (Lipinski definition) is 1. The minimum atomic E-state index is -0.252. The number of carbonyl (C=O) groups is 1. The Morgan fingerprint density at radius 2 is 1.90 bits per heavy atom. The van der Waals surface area contributed by atoms with E-state index in [0.717, 1.165) is 21.5 Å². The number of aromatic nitrogens is 3. The van der Waals surface area contributed by atoms with Gasteiger partial charge >= 0.3 is 0 Å². The normalized spacial score (nSPS) is 11.2. The van der Waals surface area contributed by atoms with Gasteiger partial charge in [-0.25, -0.2) is 5.43 Å². The number of thioether (sulfide) groups is 1. The fraction of sp³-hybridized carbons (Fsp3) is 0.0909. The van der Waals surface area contributed by atoms with Crippen molar-refractivity contribution < 1.29 is 9.21 Å². The molecule has 0 saturated carbocycles. The number of amides is 1. The predicted octanol–water partition coefficient (Wildman–Crippen LogP) is 4.84. The first-order valence-corrected chi connectivity index (χ1v) is 11.2. The summed E-state index contributed by atoms with van der Waals surface area (Å²) in [4.78, 5) is 12.2. The van der Waals surface area contributed by atoms with Crippen molar-refractivity contribution in [3.63, 3.8) is 0 Å². The largest absolute Gasteiger partial charge is 0.460 e. The van der Waals surface area contributed by atoms with Crippen LogP contribution in [0.1, 0.15) is 11.5 Å². The lowest BCUT2D eigenvalue weighted by Gasteiger charge is -2.10. The van der Waals surface area contributed by atoms with Crippen LogP contribution in [-0.4, -0.2) is 32.6 Å². The SMILES string of the molecule is Cc1ccc(C=NNC(=O)CSc2nnc(-c3ccc(Br)cc3)n2-c2ccccc2)o1. The van der Waals surface area contributed by atoms with Gasteiger partial charge in [-0.1, -0.05) is 58.0 Å². The third kappa shape index (κ3) is 5.31. The zero-order valence-corrected chi connectivity index (χ0v) is 18.9. The van der Waals surface area contributed by atoms with Crippen molar-refractivity contribution in [2.45, 2.75) is 12.1 Å². The monoisotopic (exact) mass is 495 g/mol. The topological polar surface area (TPSA) is 85.3 Å². The highest BCUT2D eigenvalue weighted by molar-refractivity contribution is 9.10. The number of benzene rings is 2. The third-order valence-electron chi connectivity index (χ3n) is 4.22. The molecule has 4 rings (SSSR count). The summed E-state index contributed by atoms with van der Waals surface area (Å²) < 4.78 is 8.31. The van der Waals surface area contributed by atoms with E-state index in [1.807, 2.05) is 72.2 Å². The highest BCUT2D eigenvalue weighted by atomic mass is 79.9. The summed E-state index contributed by atoms with van der Waals surface area (Å²) in [5.74, 6) is 1.95. The van der Waals surface area contributed by atoms with Crippen LogP contribution < -0.4 is 5.43 Å². The van der Waals surface area contributed by atoms with E-state index in [1.54, 1.807) is 6.07 Å². The van der Waals surface area contributed by atoms with E-state index in [9.17, 15) is 4.79 Å². The van der Waals surface area contributed by atoms with Crippen LogP contribution in [0, 0.1) is 6.92 Å². The van der Waals surface area contributed by atoms with E-state index in [2.05, 4.69) is 36.7 Å². The molecule has 0 atom stereocenters. The standard InChI is InChI=1S/C22H18BrN5O2S/c1-15-7-12-19(30-15)13-24-25-20(29)14-31-22-27-26-21(16-8-10-17(23)11-9-16)28(22)18-5-3-2-4-6-18/h2-13H,14H2,1H3,(H,25,29). The molecule has 0 unspecified atom stereocenters. The molecule has 156 valence electrons. The molecule has 31 heavy (non-hydrogen) atoms. The van der Waals surface area contributed by atoms with Gasteiger partial charge in [0.15, 0.2) is 11.0 Å². The lowest BCUT2D eigenvalue weighted by molar-refractivity contribution is -0.118. The molecule has 0 bridgehead atoms. The molecule has 0 radical (unpaired) electrons. The van der Waals surface area contributed by atoms with Gasteiger partial charge in [-0.3, -0.25) is 9.36 Å². The fourth-order valence-electron chi connectivity index (χ4n) is 2.81. The van der Waals surface area contributed by atoms with Gasteiger partial charge in [-0.05, 0) is 43.3 Å². The second-order valence-electron chi connectivity index (χ2n) is 6.51. The maximum Gasteiger partial charge on any atom is 0.250 e. The number of furan rings is 1. The average molecular weight is 496 g/mol. The number of carbonyl (C=O) groups excluding carboxylic acids is 1. The molecule has 0 aliphatic rings. The van der Waals surface area contributed by atoms with Crippen LogP contribution in [0.15, 0.2) is 85.9 Å². The molecule has 4 aromatic rings. The first-order chi connectivity index (χ1) is 15.1. The van der Waals surface area contributed by atoms with Crippen LogP contribution in [0.2, 0.25) is 0 Å². The Morgan fingerprint density at radius 1 is 1.13 bits per heavy atom. The minimum absolute atomic E-state index is 0.139. The van der Waals surface area contributed by atoms with E-state index >= 15 is 0 Å². The van der Waals surface area contributed by atoms with Crippen molar-refractivity contribution in [2.75, 3.05) is 5.75 Å². The molecule has 9 heteroatoms. The van der Waals surface area contributed by atoms with E-state index < -0.39 is 0 Å². The quantitative estimate of drug-likeness (QED) is 0.225. The van der Waals surface area contributed by atoms with Crippen molar-refractivity contribution in [3.8, 4) is 17.1 Å². The lowest BCUT2D eigenvalue weighted by Crippen LogP contribution is -2.19. The number of nitrogens with zero attached hydrogens (tertiary/aromatic N) is 4. The zero-order valence-electron chi connectivity index (χ0n) is 16.5. The minimum Gasteiger partial charge on any atom is -0.460 e. The summed E-state index contributed by atoms with van der Waals surface area (Å²) in [7, 11) is 0. The molecular formula is C22H18BrN5O2S. The molecule has 2 aromatic heterocycles. The van der Waals surface area contributed by atoms with Gasteiger partial charge in [0.25, 0.3) is 5.91 Å². The number of hydrogen-bond acceptors (Lipinski definition) is 6. The van der Waals surface area contributed by atoms with Crippen LogP contribution in [-0.2, 0) is 4.79 Å². The number of para-hydroxylation sites is 1. The van der Waals surface area contributed by atoms with Crippen molar-refractivity contribution in [3.05, 3.63) is 82.7 Å². The third-order valence-corrected chi connectivity index (χ3v) is 5.68. The summed E-state index contributed by atoms with van der Waals surface area (Å²) in [5.41, 5.74) is 4.34. The van der Waals surface area contributed by atoms with Crippen molar-refractivity contribution in [1.82, 2.24) is 20.2 Å². The Bertz CT molecular complexity index is 1200. The van der Waals surface area contributed by atoms with Gasteiger partial charge in [-0.15, -0.1) is 10.2 Å². The molecule has 0 fully saturated rings. The predicted molar refractivity (Wildman–Crippen MR) is 124 cm³/mol. The van der Waals surface area contributed by atoms with Gasteiger partial charge in [-0.2, -0.15) is 5.10 Å². The van der Waals surface area contributed by atoms with Gasteiger partial charge < -0.3 is 4.42 Å². The number of hydrazone groups is 1. The van der Waals surface area contributed by atoms with Crippen LogP contribution in [0.4, 0.5) is 0 Å². The molecule has 0 saturated heterocycles. The summed E-state index contributed by atoms with van der Waals surface area (Å²) in [6.45, 7) is 1.85. The second-order valence-corrected chi connectivity index (χ2v) is 8.37. The maximum absolute atomic E-state index is 12.2. The molecule has 0 aliphatic heterocycles. The Hall–Kier alpha value is -3.17. The van der Waals surface area contributed by atoms with Gasteiger partial charge in [0.05, 0.1) is 12.0 Å². The first-order valence-electron chi connectivity index (χ1n) is 9.38. The van der Waals surface area contributed by atoms with E-state index in [4.69, 9.17) is 4.42 Å². The number of rotatable bonds is 7. The van der Waals surface area contributed by atoms with Crippen LogP contribution in [0.5, 0.6) is 0 Å². The molecule has 0 spiro atoms. The molecule has 7 nitrogen and oxygen atoms in total. The van der Waals surface area contributed by atoms with Crippen molar-refractivity contribution >= 4 is 39.8 Å². The summed E-state index contributed by atoms with van der Waals surface area (Å²) in [6.07, 6.45) is 1.47. The molecule has 2 heterocycles. The number of nitrogens with one attached hydrogen (secondary N) is 1. The Balaban J connectivity index is 1.50.